The van der Waals surface area contributed by atoms with Gasteiger partial charge in [-0.25, -0.2) is 0 Å². The lowest BCUT2D eigenvalue weighted by molar-refractivity contribution is -0.123. The van der Waals surface area contributed by atoms with E-state index in [1.54, 1.807) is 0 Å². The molecule has 1 N–H and O–H groups in total. The third-order valence-corrected chi connectivity index (χ3v) is 3.79. The maximum atomic E-state index is 11.9. The van der Waals surface area contributed by atoms with Gasteiger partial charge >= 0.3 is 0 Å². The van der Waals surface area contributed by atoms with Gasteiger partial charge < -0.3 is 15.0 Å². The van der Waals surface area contributed by atoms with Crippen molar-refractivity contribution in [2.24, 2.45) is 0 Å². The number of nitrogens with one attached hydrogen (secondary N) is 1. The number of amides is 1. The highest BCUT2D eigenvalue weighted by Gasteiger charge is 2.06. The van der Waals surface area contributed by atoms with Crippen molar-refractivity contribution in [3.63, 3.8) is 0 Å². The van der Waals surface area contributed by atoms with Crippen LogP contribution in [0.5, 0.6) is 5.75 Å². The molecule has 2 aromatic carbocycles. The highest BCUT2D eigenvalue weighted by molar-refractivity contribution is 9.10. The Kier molecular flexibility index (Phi) is 6.62. The Morgan fingerprint density at radius 2 is 1.74 bits per heavy atom. The fourth-order valence-corrected chi connectivity index (χ4v) is 2.41. The molecule has 0 aliphatic rings. The SMILES string of the molecule is CN(C)Cc1ccccc1CNC(=O)COc1ccc(Br)cc1. The Bertz CT molecular complexity index is 642. The van der Waals surface area contributed by atoms with Crippen molar-refractivity contribution in [1.82, 2.24) is 10.2 Å². The standard InChI is InChI=1S/C18H21BrN2O2/c1-21(2)12-15-6-4-3-5-14(15)11-20-18(22)13-23-17-9-7-16(19)8-10-17/h3-10H,11-13H2,1-2H3,(H,20,22). The monoisotopic (exact) mass is 376 g/mol. The van der Waals surface area contributed by atoms with Crippen LogP contribution in [0.4, 0.5) is 0 Å². The Hall–Kier alpha value is -1.85. The van der Waals surface area contributed by atoms with Crippen LogP contribution in [0.15, 0.2) is 53.0 Å². The lowest BCUT2D eigenvalue weighted by Crippen LogP contribution is -2.29. The van der Waals surface area contributed by atoms with Gasteiger partial charge in [-0.05, 0) is 49.5 Å². The Labute approximate surface area is 145 Å². The first-order chi connectivity index (χ1) is 11.0. The first-order valence-electron chi connectivity index (χ1n) is 7.41. The fraction of sp³-hybridized carbons (Fsp3) is 0.278. The summed E-state index contributed by atoms with van der Waals surface area (Å²) in [4.78, 5) is 14.0. The quantitative estimate of drug-likeness (QED) is 0.806. The smallest absolute Gasteiger partial charge is 0.258 e. The van der Waals surface area contributed by atoms with Gasteiger partial charge in [-0.15, -0.1) is 0 Å². The molecule has 0 saturated heterocycles. The summed E-state index contributed by atoms with van der Waals surface area (Å²) in [6, 6.07) is 15.5. The van der Waals surface area contributed by atoms with Crippen molar-refractivity contribution >= 4 is 21.8 Å². The molecule has 0 aromatic heterocycles. The average Bonchev–Trinajstić information content (AvgIpc) is 2.53. The fourth-order valence-electron chi connectivity index (χ4n) is 2.15. The molecule has 5 heteroatoms. The summed E-state index contributed by atoms with van der Waals surface area (Å²) >= 11 is 3.36. The molecule has 0 aliphatic heterocycles. The molecule has 0 fully saturated rings. The van der Waals surface area contributed by atoms with Gasteiger partial charge in [0, 0.05) is 17.6 Å². The topological polar surface area (TPSA) is 41.6 Å². The van der Waals surface area contributed by atoms with E-state index in [4.69, 9.17) is 4.74 Å². The van der Waals surface area contributed by atoms with Crippen molar-refractivity contribution in [2.45, 2.75) is 13.1 Å². The molecule has 2 rings (SSSR count). The summed E-state index contributed by atoms with van der Waals surface area (Å²) < 4.78 is 6.44. The van der Waals surface area contributed by atoms with E-state index in [1.807, 2.05) is 56.6 Å². The zero-order chi connectivity index (χ0) is 16.7. The molecular formula is C18H21BrN2O2. The van der Waals surface area contributed by atoms with Crippen LogP contribution in [0.25, 0.3) is 0 Å². The first kappa shape index (κ1) is 17.5. The Balaban J connectivity index is 1.83. The van der Waals surface area contributed by atoms with Crippen LogP contribution in [-0.2, 0) is 17.9 Å². The summed E-state index contributed by atoms with van der Waals surface area (Å²) in [6.45, 7) is 1.37. The van der Waals surface area contributed by atoms with Crippen LogP contribution in [0.2, 0.25) is 0 Å². The summed E-state index contributed by atoms with van der Waals surface area (Å²) in [7, 11) is 4.06. The van der Waals surface area contributed by atoms with Gasteiger partial charge in [0.15, 0.2) is 6.61 Å². The molecule has 0 unspecified atom stereocenters. The van der Waals surface area contributed by atoms with E-state index in [2.05, 4.69) is 32.2 Å². The van der Waals surface area contributed by atoms with Gasteiger partial charge in [-0.2, -0.15) is 0 Å². The number of hydrogen-bond donors (Lipinski definition) is 1. The number of carbonyl (C=O) groups is 1. The minimum atomic E-state index is -0.132. The minimum Gasteiger partial charge on any atom is -0.484 e. The first-order valence-corrected chi connectivity index (χ1v) is 8.20. The summed E-state index contributed by atoms with van der Waals surface area (Å²) in [5.41, 5.74) is 2.34. The predicted octanol–water partition coefficient (Wildman–Crippen LogP) is 3.21. The van der Waals surface area contributed by atoms with E-state index >= 15 is 0 Å². The molecule has 0 heterocycles. The Morgan fingerprint density at radius 3 is 2.39 bits per heavy atom. The van der Waals surface area contributed by atoms with Crippen LogP contribution in [0.3, 0.4) is 0 Å². The second-order valence-electron chi connectivity index (χ2n) is 5.53. The number of ether oxygens (including phenoxy) is 1. The van der Waals surface area contributed by atoms with E-state index in [0.717, 1.165) is 16.6 Å². The number of nitrogens with zero attached hydrogens (tertiary/aromatic N) is 1. The molecule has 23 heavy (non-hydrogen) atoms. The van der Waals surface area contributed by atoms with E-state index in [9.17, 15) is 4.79 Å². The van der Waals surface area contributed by atoms with E-state index in [1.165, 1.54) is 5.56 Å². The summed E-state index contributed by atoms with van der Waals surface area (Å²) in [5.74, 6) is 0.545. The third-order valence-electron chi connectivity index (χ3n) is 3.26. The average molecular weight is 377 g/mol. The lowest BCUT2D eigenvalue weighted by atomic mass is 10.1. The molecule has 0 saturated carbocycles. The molecule has 122 valence electrons. The van der Waals surface area contributed by atoms with Gasteiger partial charge in [0.05, 0.1) is 0 Å². The molecular weight excluding hydrogens is 356 g/mol. The van der Waals surface area contributed by atoms with Gasteiger partial charge in [0.2, 0.25) is 0 Å². The van der Waals surface area contributed by atoms with Crippen LogP contribution >= 0.6 is 15.9 Å². The zero-order valence-corrected chi connectivity index (χ0v) is 15.0. The van der Waals surface area contributed by atoms with E-state index in [0.29, 0.717) is 12.3 Å². The molecule has 0 aliphatic carbocycles. The number of benzene rings is 2. The molecule has 0 atom stereocenters. The van der Waals surface area contributed by atoms with Crippen molar-refractivity contribution in [1.29, 1.82) is 0 Å². The van der Waals surface area contributed by atoms with E-state index < -0.39 is 0 Å². The molecule has 2 aromatic rings. The second-order valence-corrected chi connectivity index (χ2v) is 6.44. The summed E-state index contributed by atoms with van der Waals surface area (Å²) in [5, 5.41) is 2.90. The highest BCUT2D eigenvalue weighted by Crippen LogP contribution is 2.16. The molecule has 0 spiro atoms. The molecule has 4 nitrogen and oxygen atoms in total. The largest absolute Gasteiger partial charge is 0.484 e. The van der Waals surface area contributed by atoms with Crippen molar-refractivity contribution in [3.8, 4) is 5.75 Å². The van der Waals surface area contributed by atoms with Crippen LogP contribution in [0.1, 0.15) is 11.1 Å². The lowest BCUT2D eigenvalue weighted by Gasteiger charge is -2.14. The molecule has 1 amide bonds. The van der Waals surface area contributed by atoms with Gasteiger partial charge in [-0.1, -0.05) is 40.2 Å². The van der Waals surface area contributed by atoms with E-state index in [-0.39, 0.29) is 12.5 Å². The minimum absolute atomic E-state index is 0.0114. The predicted molar refractivity (Wildman–Crippen MR) is 95.3 cm³/mol. The third kappa shape index (κ3) is 6.04. The van der Waals surface area contributed by atoms with Crippen LogP contribution in [-0.4, -0.2) is 31.5 Å². The van der Waals surface area contributed by atoms with Crippen molar-refractivity contribution in [2.75, 3.05) is 20.7 Å². The molecule has 0 radical (unpaired) electrons. The maximum Gasteiger partial charge on any atom is 0.258 e. The van der Waals surface area contributed by atoms with Crippen LogP contribution < -0.4 is 10.1 Å². The number of hydrogen-bond acceptors (Lipinski definition) is 3. The number of rotatable bonds is 7. The maximum absolute atomic E-state index is 11.9. The Morgan fingerprint density at radius 1 is 1.09 bits per heavy atom. The normalized spacial score (nSPS) is 10.6. The second kappa shape index (κ2) is 8.70. The summed E-state index contributed by atoms with van der Waals surface area (Å²) in [6.07, 6.45) is 0. The van der Waals surface area contributed by atoms with Gasteiger partial charge in [0.25, 0.3) is 5.91 Å². The van der Waals surface area contributed by atoms with Crippen LogP contribution in [0, 0.1) is 0 Å². The molecule has 0 bridgehead atoms. The van der Waals surface area contributed by atoms with Crippen molar-refractivity contribution < 1.29 is 9.53 Å². The van der Waals surface area contributed by atoms with Gasteiger partial charge in [-0.3, -0.25) is 4.79 Å². The highest BCUT2D eigenvalue weighted by atomic mass is 79.9. The van der Waals surface area contributed by atoms with Gasteiger partial charge in [0.1, 0.15) is 5.75 Å². The number of halogens is 1. The van der Waals surface area contributed by atoms with Crippen molar-refractivity contribution in [3.05, 3.63) is 64.1 Å². The number of carbonyl (C=O) groups excluding carboxylic acids is 1. The zero-order valence-electron chi connectivity index (χ0n) is 13.4.